The van der Waals surface area contributed by atoms with Gasteiger partial charge in [0.15, 0.2) is 5.58 Å². The lowest BCUT2D eigenvalue weighted by molar-refractivity contribution is 0.361. The fraction of sp³-hybridized carbons (Fsp3) is 0.500. The molecule has 0 spiro atoms. The predicted octanol–water partition coefficient (Wildman–Crippen LogP) is 0.550. The number of benzene rings is 1. The fourth-order valence-electron chi connectivity index (χ4n) is 2.81. The van der Waals surface area contributed by atoms with Crippen molar-refractivity contribution in [3.05, 3.63) is 28.7 Å². The van der Waals surface area contributed by atoms with E-state index < -0.39 is 15.8 Å². The molecular formula is C14H19N3O4S. The van der Waals surface area contributed by atoms with Crippen LogP contribution in [0.1, 0.15) is 19.8 Å². The number of nitrogens with zero attached hydrogens (tertiary/aromatic N) is 1. The summed E-state index contributed by atoms with van der Waals surface area (Å²) in [6, 6.07) is 4.67. The summed E-state index contributed by atoms with van der Waals surface area (Å²) in [6.45, 7) is 2.83. The summed E-state index contributed by atoms with van der Waals surface area (Å²) >= 11 is 0. The zero-order chi connectivity index (χ0) is 15.9. The van der Waals surface area contributed by atoms with Crippen LogP contribution in [0.2, 0.25) is 0 Å². The lowest BCUT2D eigenvalue weighted by Crippen LogP contribution is -2.46. The summed E-state index contributed by atoms with van der Waals surface area (Å²) in [5.74, 6) is -0.510. The first-order chi connectivity index (χ1) is 10.4. The molecule has 1 aliphatic rings. The zero-order valence-corrected chi connectivity index (χ0v) is 13.3. The van der Waals surface area contributed by atoms with E-state index in [9.17, 15) is 13.2 Å². The molecule has 120 valence electrons. The van der Waals surface area contributed by atoms with Gasteiger partial charge in [-0.3, -0.25) is 4.57 Å². The Labute approximate surface area is 128 Å². The SMILES string of the molecule is CC1CC(NS(=O)(=O)c2ccc3c(c2)oc(=O)n3C)CCN1. The molecule has 1 saturated heterocycles. The zero-order valence-electron chi connectivity index (χ0n) is 12.5. The number of oxazole rings is 1. The standard InChI is InChI=1S/C14H19N3O4S/c1-9-7-10(5-6-15-9)16-22(19,20)11-3-4-12-13(8-11)21-14(18)17(12)2/h3-4,8-10,15-16H,5-7H2,1-2H3. The highest BCUT2D eigenvalue weighted by Gasteiger charge is 2.25. The third-order valence-corrected chi connectivity index (χ3v) is 5.54. The molecule has 3 rings (SSSR count). The van der Waals surface area contributed by atoms with Crippen LogP contribution in [-0.4, -0.2) is 31.6 Å². The molecule has 1 aromatic heterocycles. The van der Waals surface area contributed by atoms with E-state index >= 15 is 0 Å². The highest BCUT2D eigenvalue weighted by molar-refractivity contribution is 7.89. The molecular weight excluding hydrogens is 306 g/mol. The van der Waals surface area contributed by atoms with E-state index in [1.165, 1.54) is 16.7 Å². The van der Waals surface area contributed by atoms with Crippen LogP contribution in [0.15, 0.2) is 32.3 Å². The van der Waals surface area contributed by atoms with Gasteiger partial charge in [-0.2, -0.15) is 0 Å². The van der Waals surface area contributed by atoms with E-state index in [0.717, 1.165) is 19.4 Å². The first-order valence-electron chi connectivity index (χ1n) is 7.22. The Balaban J connectivity index is 1.90. The summed E-state index contributed by atoms with van der Waals surface area (Å²) in [4.78, 5) is 11.6. The highest BCUT2D eigenvalue weighted by atomic mass is 32.2. The minimum atomic E-state index is -3.63. The van der Waals surface area contributed by atoms with Crippen molar-refractivity contribution in [2.45, 2.75) is 36.7 Å². The van der Waals surface area contributed by atoms with Crippen LogP contribution < -0.4 is 15.8 Å². The average Bonchev–Trinajstić information content (AvgIpc) is 2.73. The van der Waals surface area contributed by atoms with Gasteiger partial charge in [-0.1, -0.05) is 0 Å². The van der Waals surface area contributed by atoms with Crippen molar-refractivity contribution in [2.75, 3.05) is 6.54 Å². The van der Waals surface area contributed by atoms with Crippen LogP contribution in [0.4, 0.5) is 0 Å². The number of rotatable bonds is 3. The first kappa shape index (κ1) is 15.3. The Bertz CT molecular complexity index is 853. The molecule has 2 aromatic rings. The third kappa shape index (κ3) is 2.81. The Morgan fingerprint density at radius 1 is 1.41 bits per heavy atom. The van der Waals surface area contributed by atoms with Crippen LogP contribution in [-0.2, 0) is 17.1 Å². The number of piperidine rings is 1. The van der Waals surface area contributed by atoms with Crippen molar-refractivity contribution in [3.8, 4) is 0 Å². The Morgan fingerprint density at radius 3 is 2.91 bits per heavy atom. The molecule has 22 heavy (non-hydrogen) atoms. The molecule has 1 aromatic carbocycles. The Hall–Kier alpha value is -1.64. The van der Waals surface area contributed by atoms with Crippen molar-refractivity contribution in [3.63, 3.8) is 0 Å². The monoisotopic (exact) mass is 325 g/mol. The normalized spacial score (nSPS) is 23.0. The second-order valence-corrected chi connectivity index (χ2v) is 7.47. The summed E-state index contributed by atoms with van der Waals surface area (Å²) in [6.07, 6.45) is 1.51. The van der Waals surface area contributed by atoms with Crippen molar-refractivity contribution >= 4 is 21.1 Å². The van der Waals surface area contributed by atoms with Gasteiger partial charge in [-0.15, -0.1) is 0 Å². The molecule has 0 aliphatic carbocycles. The summed E-state index contributed by atoms with van der Waals surface area (Å²) < 4.78 is 34.1. The molecule has 2 unspecified atom stereocenters. The molecule has 0 radical (unpaired) electrons. The summed E-state index contributed by atoms with van der Waals surface area (Å²) in [5, 5.41) is 3.28. The van der Waals surface area contributed by atoms with Crippen molar-refractivity contribution in [1.29, 1.82) is 0 Å². The van der Waals surface area contributed by atoms with Crippen molar-refractivity contribution < 1.29 is 12.8 Å². The van der Waals surface area contributed by atoms with E-state index in [-0.39, 0.29) is 22.6 Å². The van der Waals surface area contributed by atoms with E-state index in [1.807, 2.05) is 6.92 Å². The van der Waals surface area contributed by atoms with Gasteiger partial charge < -0.3 is 9.73 Å². The van der Waals surface area contributed by atoms with Crippen LogP contribution in [0.3, 0.4) is 0 Å². The number of aryl methyl sites for hydroxylation is 1. The van der Waals surface area contributed by atoms with Crippen LogP contribution in [0, 0.1) is 0 Å². The summed E-state index contributed by atoms with van der Waals surface area (Å²) in [5.41, 5.74) is 0.841. The topological polar surface area (TPSA) is 93.3 Å². The molecule has 0 amide bonds. The Kier molecular flexibility index (Phi) is 3.84. The number of nitrogens with one attached hydrogen (secondary N) is 2. The second kappa shape index (κ2) is 5.53. The Morgan fingerprint density at radius 2 is 2.18 bits per heavy atom. The van der Waals surface area contributed by atoms with Gasteiger partial charge in [-0.25, -0.2) is 17.9 Å². The first-order valence-corrected chi connectivity index (χ1v) is 8.70. The van der Waals surface area contributed by atoms with Gasteiger partial charge in [0.05, 0.1) is 10.4 Å². The third-order valence-electron chi connectivity index (χ3n) is 4.02. The number of aromatic nitrogens is 1. The van der Waals surface area contributed by atoms with Gasteiger partial charge in [0.1, 0.15) is 0 Å². The predicted molar refractivity (Wildman–Crippen MR) is 82.3 cm³/mol. The second-order valence-electron chi connectivity index (χ2n) is 5.75. The fourth-order valence-corrected chi connectivity index (χ4v) is 4.11. The van der Waals surface area contributed by atoms with Gasteiger partial charge >= 0.3 is 5.76 Å². The largest absolute Gasteiger partial charge is 0.419 e. The molecule has 0 saturated carbocycles. The van der Waals surface area contributed by atoms with Crippen molar-refractivity contribution in [1.82, 2.24) is 14.6 Å². The maximum Gasteiger partial charge on any atom is 0.419 e. The van der Waals surface area contributed by atoms with Gasteiger partial charge in [0.2, 0.25) is 10.0 Å². The molecule has 0 bridgehead atoms. The van der Waals surface area contributed by atoms with E-state index in [0.29, 0.717) is 5.52 Å². The van der Waals surface area contributed by atoms with Crippen LogP contribution in [0.5, 0.6) is 0 Å². The van der Waals surface area contributed by atoms with E-state index in [4.69, 9.17) is 4.42 Å². The van der Waals surface area contributed by atoms with Crippen LogP contribution in [0.25, 0.3) is 11.1 Å². The van der Waals surface area contributed by atoms with Gasteiger partial charge in [0, 0.05) is 25.2 Å². The highest BCUT2D eigenvalue weighted by Crippen LogP contribution is 2.19. The molecule has 1 aliphatic heterocycles. The maximum absolute atomic E-state index is 12.5. The lowest BCUT2D eigenvalue weighted by atomic mass is 10.0. The minimum Gasteiger partial charge on any atom is -0.408 e. The quantitative estimate of drug-likeness (QED) is 0.859. The number of sulfonamides is 1. The number of hydrogen-bond acceptors (Lipinski definition) is 5. The van der Waals surface area contributed by atoms with Gasteiger partial charge in [-0.05, 0) is 38.4 Å². The average molecular weight is 325 g/mol. The van der Waals surface area contributed by atoms with Gasteiger partial charge in [0.25, 0.3) is 0 Å². The molecule has 1 fully saturated rings. The maximum atomic E-state index is 12.5. The molecule has 2 heterocycles. The van der Waals surface area contributed by atoms with E-state index in [2.05, 4.69) is 10.0 Å². The molecule has 2 N–H and O–H groups in total. The van der Waals surface area contributed by atoms with Crippen LogP contribution >= 0.6 is 0 Å². The number of hydrogen-bond donors (Lipinski definition) is 2. The minimum absolute atomic E-state index is 0.0836. The summed E-state index contributed by atoms with van der Waals surface area (Å²) in [7, 11) is -2.05. The smallest absolute Gasteiger partial charge is 0.408 e. The molecule has 7 nitrogen and oxygen atoms in total. The number of fused-ring (bicyclic) bond motifs is 1. The molecule has 8 heteroatoms. The lowest BCUT2D eigenvalue weighted by Gasteiger charge is -2.28. The molecule has 2 atom stereocenters. The van der Waals surface area contributed by atoms with Crippen molar-refractivity contribution in [2.24, 2.45) is 7.05 Å². The van der Waals surface area contributed by atoms with E-state index in [1.54, 1.807) is 13.1 Å².